The van der Waals surface area contributed by atoms with E-state index in [0.717, 1.165) is 5.69 Å². The Bertz CT molecular complexity index is 384. The topological polar surface area (TPSA) is 55.6 Å². The van der Waals surface area contributed by atoms with Crippen LogP contribution in [-0.2, 0) is 4.74 Å². The van der Waals surface area contributed by atoms with E-state index in [4.69, 9.17) is 10.5 Å². The Balaban J connectivity index is 2.37. The second-order valence-electron chi connectivity index (χ2n) is 4.29. The van der Waals surface area contributed by atoms with Gasteiger partial charge in [0.25, 0.3) is 0 Å². The van der Waals surface area contributed by atoms with Crippen molar-refractivity contribution in [1.29, 1.82) is 0 Å². The van der Waals surface area contributed by atoms with Gasteiger partial charge in [0, 0.05) is 11.4 Å². The summed E-state index contributed by atoms with van der Waals surface area (Å²) in [5.41, 5.74) is 6.80. The normalized spacial score (nSPS) is 19.1. The first-order valence-corrected chi connectivity index (χ1v) is 4.83. The molecule has 4 nitrogen and oxygen atoms in total. The molecule has 0 aromatic heterocycles. The first kappa shape index (κ1) is 9.83. The molecule has 0 saturated carbocycles. The van der Waals surface area contributed by atoms with Crippen LogP contribution in [0.25, 0.3) is 0 Å². The number of cyclic esters (lactones) is 1. The Labute approximate surface area is 88.6 Å². The Morgan fingerprint density at radius 2 is 1.93 bits per heavy atom. The third kappa shape index (κ3) is 1.63. The molecule has 0 spiro atoms. The highest BCUT2D eigenvalue weighted by Gasteiger charge is 2.40. The minimum atomic E-state index is -0.301. The number of nitrogens with two attached hydrogens (primary N) is 1. The van der Waals surface area contributed by atoms with Crippen molar-refractivity contribution in [3.63, 3.8) is 0 Å². The van der Waals surface area contributed by atoms with Gasteiger partial charge >= 0.3 is 6.09 Å². The van der Waals surface area contributed by atoms with Crippen LogP contribution in [0.5, 0.6) is 0 Å². The standard InChI is InChI=1S/C11H14N2O2/c1-11(2)7-15-10(14)13(11)9-5-3-8(12)4-6-9/h3-6H,7,12H2,1-2H3. The van der Waals surface area contributed by atoms with Crippen LogP contribution in [-0.4, -0.2) is 18.2 Å². The molecule has 1 aromatic rings. The highest BCUT2D eigenvalue weighted by molar-refractivity contribution is 5.91. The lowest BCUT2D eigenvalue weighted by Crippen LogP contribution is -2.42. The predicted molar refractivity (Wildman–Crippen MR) is 58.8 cm³/mol. The molecule has 1 amide bonds. The second kappa shape index (κ2) is 3.15. The first-order chi connectivity index (χ1) is 7.00. The largest absolute Gasteiger partial charge is 0.447 e. The average Bonchev–Trinajstić information content (AvgIpc) is 2.43. The monoisotopic (exact) mass is 206 g/mol. The minimum absolute atomic E-state index is 0.298. The lowest BCUT2D eigenvalue weighted by atomic mass is 10.1. The van der Waals surface area contributed by atoms with Gasteiger partial charge in [0.05, 0.1) is 5.54 Å². The van der Waals surface area contributed by atoms with Crippen LogP contribution in [0.1, 0.15) is 13.8 Å². The molecule has 2 N–H and O–H groups in total. The smallest absolute Gasteiger partial charge is 0.414 e. The quantitative estimate of drug-likeness (QED) is 0.715. The van der Waals surface area contributed by atoms with E-state index in [1.54, 1.807) is 17.0 Å². The fourth-order valence-corrected chi connectivity index (χ4v) is 1.69. The molecule has 2 rings (SSSR count). The maximum Gasteiger partial charge on any atom is 0.414 e. The highest BCUT2D eigenvalue weighted by atomic mass is 16.6. The third-order valence-electron chi connectivity index (χ3n) is 2.49. The Morgan fingerprint density at radius 1 is 1.33 bits per heavy atom. The van der Waals surface area contributed by atoms with Crippen LogP contribution in [0.15, 0.2) is 24.3 Å². The van der Waals surface area contributed by atoms with Gasteiger partial charge in [-0.1, -0.05) is 0 Å². The molecule has 15 heavy (non-hydrogen) atoms. The van der Waals surface area contributed by atoms with Crippen LogP contribution in [0.2, 0.25) is 0 Å². The number of hydrogen-bond acceptors (Lipinski definition) is 3. The molecule has 1 heterocycles. The zero-order valence-electron chi connectivity index (χ0n) is 8.86. The van der Waals surface area contributed by atoms with E-state index in [9.17, 15) is 4.79 Å². The zero-order chi connectivity index (χ0) is 11.1. The number of carbonyl (C=O) groups excluding carboxylic acids is 1. The van der Waals surface area contributed by atoms with Crippen LogP contribution < -0.4 is 10.6 Å². The van der Waals surface area contributed by atoms with Gasteiger partial charge in [-0.05, 0) is 38.1 Å². The fourth-order valence-electron chi connectivity index (χ4n) is 1.69. The number of ether oxygens (including phenoxy) is 1. The van der Waals surface area contributed by atoms with Gasteiger partial charge in [0.1, 0.15) is 6.61 Å². The molecule has 0 radical (unpaired) electrons. The number of amides is 1. The number of benzene rings is 1. The number of anilines is 2. The van der Waals surface area contributed by atoms with Crippen molar-refractivity contribution in [2.75, 3.05) is 17.2 Å². The van der Waals surface area contributed by atoms with Gasteiger partial charge in [0.2, 0.25) is 0 Å². The fraction of sp³-hybridized carbons (Fsp3) is 0.364. The van der Waals surface area contributed by atoms with E-state index >= 15 is 0 Å². The van der Waals surface area contributed by atoms with Crippen molar-refractivity contribution in [3.8, 4) is 0 Å². The zero-order valence-corrected chi connectivity index (χ0v) is 8.86. The van der Waals surface area contributed by atoms with Gasteiger partial charge in [-0.2, -0.15) is 0 Å². The highest BCUT2D eigenvalue weighted by Crippen LogP contribution is 2.30. The minimum Gasteiger partial charge on any atom is -0.447 e. The number of nitrogens with zero attached hydrogens (tertiary/aromatic N) is 1. The third-order valence-corrected chi connectivity index (χ3v) is 2.49. The van der Waals surface area contributed by atoms with Gasteiger partial charge in [-0.25, -0.2) is 4.79 Å². The summed E-state index contributed by atoms with van der Waals surface area (Å²) in [4.78, 5) is 13.2. The van der Waals surface area contributed by atoms with Crippen LogP contribution in [0, 0.1) is 0 Å². The van der Waals surface area contributed by atoms with E-state index < -0.39 is 0 Å². The SMILES string of the molecule is CC1(C)COC(=O)N1c1ccc(N)cc1. The number of hydrogen-bond donors (Lipinski definition) is 1. The summed E-state index contributed by atoms with van der Waals surface area (Å²) in [7, 11) is 0. The maximum absolute atomic E-state index is 11.5. The number of carbonyl (C=O) groups is 1. The van der Waals surface area contributed by atoms with Crippen molar-refractivity contribution in [1.82, 2.24) is 0 Å². The molecule has 1 aromatic carbocycles. The molecule has 0 bridgehead atoms. The summed E-state index contributed by atoms with van der Waals surface area (Å²) in [5, 5.41) is 0. The Hall–Kier alpha value is -1.71. The lowest BCUT2D eigenvalue weighted by molar-refractivity contribution is 0.175. The molecular weight excluding hydrogens is 192 g/mol. The van der Waals surface area contributed by atoms with Crippen molar-refractivity contribution in [2.45, 2.75) is 19.4 Å². The summed E-state index contributed by atoms with van der Waals surface area (Å²) in [6.07, 6.45) is -0.301. The van der Waals surface area contributed by atoms with Gasteiger partial charge in [-0.3, -0.25) is 4.90 Å². The van der Waals surface area contributed by atoms with E-state index in [1.807, 2.05) is 26.0 Å². The molecule has 0 unspecified atom stereocenters. The Kier molecular flexibility index (Phi) is 2.07. The molecule has 0 atom stereocenters. The van der Waals surface area contributed by atoms with Crippen molar-refractivity contribution >= 4 is 17.5 Å². The van der Waals surface area contributed by atoms with Crippen molar-refractivity contribution in [2.24, 2.45) is 0 Å². The summed E-state index contributed by atoms with van der Waals surface area (Å²) >= 11 is 0. The second-order valence-corrected chi connectivity index (χ2v) is 4.29. The van der Waals surface area contributed by atoms with Crippen molar-refractivity contribution < 1.29 is 9.53 Å². The summed E-state index contributed by atoms with van der Waals surface area (Å²) in [6, 6.07) is 7.20. The predicted octanol–water partition coefficient (Wildman–Crippen LogP) is 2.00. The van der Waals surface area contributed by atoms with Gasteiger partial charge in [-0.15, -0.1) is 0 Å². The van der Waals surface area contributed by atoms with Crippen molar-refractivity contribution in [3.05, 3.63) is 24.3 Å². The molecule has 0 aliphatic carbocycles. The van der Waals surface area contributed by atoms with Gasteiger partial charge in [0.15, 0.2) is 0 Å². The average molecular weight is 206 g/mol. The molecule has 1 saturated heterocycles. The number of rotatable bonds is 1. The Morgan fingerprint density at radius 3 is 2.40 bits per heavy atom. The summed E-state index contributed by atoms with van der Waals surface area (Å²) < 4.78 is 5.02. The van der Waals surface area contributed by atoms with E-state index in [0.29, 0.717) is 12.3 Å². The van der Waals surface area contributed by atoms with Crippen LogP contribution >= 0.6 is 0 Å². The van der Waals surface area contributed by atoms with Gasteiger partial charge < -0.3 is 10.5 Å². The van der Waals surface area contributed by atoms with E-state index in [1.165, 1.54) is 0 Å². The molecular formula is C11H14N2O2. The van der Waals surface area contributed by atoms with Crippen LogP contribution in [0.3, 0.4) is 0 Å². The molecule has 1 fully saturated rings. The molecule has 80 valence electrons. The summed E-state index contributed by atoms with van der Waals surface area (Å²) in [5.74, 6) is 0. The van der Waals surface area contributed by atoms with E-state index in [2.05, 4.69) is 0 Å². The lowest BCUT2D eigenvalue weighted by Gasteiger charge is -2.27. The molecule has 4 heteroatoms. The number of nitrogen functional groups attached to an aromatic ring is 1. The van der Waals surface area contributed by atoms with Crippen LogP contribution in [0.4, 0.5) is 16.2 Å². The first-order valence-electron chi connectivity index (χ1n) is 4.83. The molecule has 1 aliphatic heterocycles. The maximum atomic E-state index is 11.5. The summed E-state index contributed by atoms with van der Waals surface area (Å²) in [6.45, 7) is 4.35. The molecule has 1 aliphatic rings. The van der Waals surface area contributed by atoms with E-state index in [-0.39, 0.29) is 11.6 Å².